The SMILES string of the molecule is CCCCCn1nc(C(=O)OCC(=O)c2cc(C)n(C)c2C)c2ccccc2c1=O. The van der Waals surface area contributed by atoms with Gasteiger partial charge in [-0.15, -0.1) is 0 Å². The summed E-state index contributed by atoms with van der Waals surface area (Å²) in [4.78, 5) is 38.1. The second-order valence-electron chi connectivity index (χ2n) is 7.47. The summed E-state index contributed by atoms with van der Waals surface area (Å²) in [5.41, 5.74) is 2.13. The van der Waals surface area contributed by atoms with Crippen molar-refractivity contribution in [2.75, 3.05) is 6.61 Å². The van der Waals surface area contributed by atoms with Gasteiger partial charge in [-0.2, -0.15) is 5.10 Å². The smallest absolute Gasteiger partial charge is 0.359 e. The lowest BCUT2D eigenvalue weighted by atomic mass is 10.1. The van der Waals surface area contributed by atoms with E-state index in [0.717, 1.165) is 30.7 Å². The van der Waals surface area contributed by atoms with Gasteiger partial charge in [-0.05, 0) is 32.4 Å². The third kappa shape index (κ3) is 4.20. The van der Waals surface area contributed by atoms with Crippen LogP contribution in [-0.2, 0) is 18.3 Å². The summed E-state index contributed by atoms with van der Waals surface area (Å²) < 4.78 is 8.53. The third-order valence-corrected chi connectivity index (χ3v) is 5.44. The van der Waals surface area contributed by atoms with E-state index in [0.29, 0.717) is 22.9 Å². The van der Waals surface area contributed by atoms with Crippen molar-refractivity contribution < 1.29 is 14.3 Å². The molecular formula is C23H27N3O4. The Morgan fingerprint density at radius 2 is 1.80 bits per heavy atom. The van der Waals surface area contributed by atoms with Crippen molar-refractivity contribution in [1.82, 2.24) is 14.3 Å². The number of Topliss-reactive ketones (excluding diaryl/α,β-unsaturated/α-hetero) is 1. The number of carbonyl (C=O) groups excluding carboxylic acids is 2. The van der Waals surface area contributed by atoms with Crippen molar-refractivity contribution in [3.63, 3.8) is 0 Å². The molecule has 0 amide bonds. The minimum Gasteiger partial charge on any atom is -0.452 e. The van der Waals surface area contributed by atoms with Crippen molar-refractivity contribution in [2.45, 2.75) is 46.6 Å². The van der Waals surface area contributed by atoms with Crippen LogP contribution in [0.1, 0.15) is 58.4 Å². The first-order chi connectivity index (χ1) is 14.3. The van der Waals surface area contributed by atoms with Crippen LogP contribution in [-0.4, -0.2) is 32.7 Å². The van der Waals surface area contributed by atoms with E-state index < -0.39 is 5.97 Å². The van der Waals surface area contributed by atoms with Gasteiger partial charge in [0.25, 0.3) is 5.56 Å². The van der Waals surface area contributed by atoms with Gasteiger partial charge in [-0.3, -0.25) is 9.59 Å². The van der Waals surface area contributed by atoms with Crippen molar-refractivity contribution in [2.24, 2.45) is 7.05 Å². The van der Waals surface area contributed by atoms with Crippen molar-refractivity contribution in [3.8, 4) is 0 Å². The van der Waals surface area contributed by atoms with E-state index in [-0.39, 0.29) is 23.6 Å². The summed E-state index contributed by atoms with van der Waals surface area (Å²) in [7, 11) is 1.88. The molecule has 0 saturated heterocycles. The molecule has 3 aromatic rings. The second-order valence-corrected chi connectivity index (χ2v) is 7.47. The fourth-order valence-corrected chi connectivity index (χ4v) is 3.46. The lowest BCUT2D eigenvalue weighted by molar-refractivity contribution is 0.0468. The topological polar surface area (TPSA) is 83.2 Å². The highest BCUT2D eigenvalue weighted by molar-refractivity contribution is 6.04. The fraction of sp³-hybridized carbons (Fsp3) is 0.391. The van der Waals surface area contributed by atoms with E-state index in [1.54, 1.807) is 30.3 Å². The molecule has 0 aliphatic heterocycles. The zero-order valence-electron chi connectivity index (χ0n) is 17.9. The molecule has 3 rings (SSSR count). The number of unbranched alkanes of at least 4 members (excludes halogenated alkanes) is 2. The molecule has 2 heterocycles. The van der Waals surface area contributed by atoms with Crippen LogP contribution in [0.4, 0.5) is 0 Å². The molecule has 0 atom stereocenters. The molecule has 0 aliphatic rings. The minimum absolute atomic E-state index is 0.0514. The van der Waals surface area contributed by atoms with Crippen LogP contribution >= 0.6 is 0 Å². The van der Waals surface area contributed by atoms with Gasteiger partial charge in [0.05, 0.1) is 5.39 Å². The van der Waals surface area contributed by atoms with Crippen LogP contribution in [0.15, 0.2) is 35.1 Å². The summed E-state index contributed by atoms with van der Waals surface area (Å²) in [6.45, 7) is 5.89. The van der Waals surface area contributed by atoms with E-state index >= 15 is 0 Å². The average molecular weight is 409 g/mol. The summed E-state index contributed by atoms with van der Waals surface area (Å²) in [6.07, 6.45) is 2.77. The standard InChI is InChI=1S/C23H27N3O4/c1-5-6-9-12-26-22(28)18-11-8-7-10-17(18)21(24-26)23(29)30-14-20(27)19-13-15(2)25(4)16(19)3/h7-8,10-11,13H,5-6,9,12,14H2,1-4H3. The number of esters is 1. The number of rotatable bonds is 8. The number of fused-ring (bicyclic) bond motifs is 1. The highest BCUT2D eigenvalue weighted by Gasteiger charge is 2.21. The van der Waals surface area contributed by atoms with Gasteiger partial charge >= 0.3 is 5.97 Å². The number of aromatic nitrogens is 3. The largest absolute Gasteiger partial charge is 0.452 e. The van der Waals surface area contributed by atoms with Crippen molar-refractivity contribution >= 4 is 22.5 Å². The maximum Gasteiger partial charge on any atom is 0.359 e. The Kier molecular flexibility index (Phi) is 6.50. The molecule has 0 N–H and O–H groups in total. The summed E-state index contributed by atoms with van der Waals surface area (Å²) in [5, 5.41) is 5.12. The molecule has 1 aromatic carbocycles. The average Bonchev–Trinajstić information content (AvgIpc) is 3.01. The van der Waals surface area contributed by atoms with Crippen LogP contribution in [0.2, 0.25) is 0 Å². The quantitative estimate of drug-likeness (QED) is 0.323. The Hall–Kier alpha value is -3.22. The Bertz CT molecular complexity index is 1160. The predicted molar refractivity (Wildman–Crippen MR) is 115 cm³/mol. The molecule has 0 unspecified atom stereocenters. The Labute approximate surface area is 175 Å². The number of hydrogen-bond acceptors (Lipinski definition) is 5. The predicted octanol–water partition coefficient (Wildman–Crippen LogP) is 3.58. The van der Waals surface area contributed by atoms with Gasteiger partial charge in [0.15, 0.2) is 12.3 Å². The summed E-state index contributed by atoms with van der Waals surface area (Å²) >= 11 is 0. The van der Waals surface area contributed by atoms with Gasteiger partial charge in [-0.1, -0.05) is 38.0 Å². The van der Waals surface area contributed by atoms with E-state index in [2.05, 4.69) is 12.0 Å². The normalized spacial score (nSPS) is 11.1. The van der Waals surface area contributed by atoms with Gasteiger partial charge < -0.3 is 9.30 Å². The van der Waals surface area contributed by atoms with Gasteiger partial charge in [0.2, 0.25) is 5.78 Å². The molecule has 0 radical (unpaired) electrons. The number of hydrogen-bond donors (Lipinski definition) is 0. The first-order valence-electron chi connectivity index (χ1n) is 10.2. The maximum absolute atomic E-state index is 12.8. The molecule has 30 heavy (non-hydrogen) atoms. The molecule has 0 spiro atoms. The van der Waals surface area contributed by atoms with Crippen LogP contribution in [0.25, 0.3) is 10.8 Å². The minimum atomic E-state index is -0.714. The highest BCUT2D eigenvalue weighted by Crippen LogP contribution is 2.17. The second kappa shape index (κ2) is 9.07. The number of benzene rings is 1. The fourth-order valence-electron chi connectivity index (χ4n) is 3.46. The van der Waals surface area contributed by atoms with Crippen LogP contribution in [0, 0.1) is 13.8 Å². The maximum atomic E-state index is 12.8. The first-order valence-corrected chi connectivity index (χ1v) is 10.2. The number of carbonyl (C=O) groups is 2. The van der Waals surface area contributed by atoms with Crippen molar-refractivity contribution in [3.05, 3.63) is 63.3 Å². The van der Waals surface area contributed by atoms with Gasteiger partial charge in [0, 0.05) is 35.9 Å². The lowest BCUT2D eigenvalue weighted by Crippen LogP contribution is -2.27. The Morgan fingerprint density at radius 3 is 2.43 bits per heavy atom. The Balaban J connectivity index is 1.86. The van der Waals surface area contributed by atoms with Crippen LogP contribution < -0.4 is 5.56 Å². The third-order valence-electron chi connectivity index (χ3n) is 5.44. The molecule has 158 valence electrons. The van der Waals surface area contributed by atoms with Gasteiger partial charge in [0.1, 0.15) is 0 Å². The van der Waals surface area contributed by atoms with Crippen LogP contribution in [0.5, 0.6) is 0 Å². The Morgan fingerprint density at radius 1 is 1.10 bits per heavy atom. The number of nitrogens with zero attached hydrogens (tertiary/aromatic N) is 3. The van der Waals surface area contributed by atoms with Gasteiger partial charge in [-0.25, -0.2) is 9.48 Å². The van der Waals surface area contributed by atoms with Crippen LogP contribution in [0.3, 0.4) is 0 Å². The van der Waals surface area contributed by atoms with E-state index in [1.807, 2.05) is 25.5 Å². The molecule has 0 bridgehead atoms. The number of ether oxygens (including phenoxy) is 1. The number of aryl methyl sites for hydroxylation is 2. The van der Waals surface area contributed by atoms with Crippen molar-refractivity contribution in [1.29, 1.82) is 0 Å². The van der Waals surface area contributed by atoms with E-state index in [4.69, 9.17) is 4.74 Å². The molecule has 7 nitrogen and oxygen atoms in total. The zero-order chi connectivity index (χ0) is 21.8. The summed E-state index contributed by atoms with van der Waals surface area (Å²) in [5.74, 6) is -0.987. The molecular weight excluding hydrogens is 382 g/mol. The molecule has 0 saturated carbocycles. The zero-order valence-corrected chi connectivity index (χ0v) is 17.9. The summed E-state index contributed by atoms with van der Waals surface area (Å²) in [6, 6.07) is 8.62. The van der Waals surface area contributed by atoms with E-state index in [9.17, 15) is 14.4 Å². The molecule has 0 aliphatic carbocycles. The highest BCUT2D eigenvalue weighted by atomic mass is 16.5. The molecule has 0 fully saturated rings. The van der Waals surface area contributed by atoms with E-state index in [1.165, 1.54) is 4.68 Å². The molecule has 2 aromatic heterocycles. The number of ketones is 1. The first kappa shape index (κ1) is 21.5. The molecule has 7 heteroatoms. The lowest BCUT2D eigenvalue weighted by Gasteiger charge is -2.11. The monoisotopic (exact) mass is 409 g/mol.